The molecule has 1 amide bonds. The summed E-state index contributed by atoms with van der Waals surface area (Å²) < 4.78 is 5.25. The predicted molar refractivity (Wildman–Crippen MR) is 99.4 cm³/mol. The minimum atomic E-state index is 0.132. The Hall–Kier alpha value is -1.43. The molecule has 3 saturated heterocycles. The number of ether oxygens (including phenoxy) is 1. The van der Waals surface area contributed by atoms with Gasteiger partial charge in [0.15, 0.2) is 0 Å². The third-order valence-electron chi connectivity index (χ3n) is 5.59. The number of aryl methyl sites for hydroxylation is 1. The zero-order chi connectivity index (χ0) is 17.6. The molecule has 2 atom stereocenters. The molecule has 3 aliphatic rings. The highest BCUT2D eigenvalue weighted by Crippen LogP contribution is 2.27. The second-order valence-electron chi connectivity index (χ2n) is 7.48. The van der Waals surface area contributed by atoms with Gasteiger partial charge in [0.1, 0.15) is 0 Å². The number of hydrogen-bond acceptors (Lipinski definition) is 4. The van der Waals surface area contributed by atoms with Crippen molar-refractivity contribution < 1.29 is 9.53 Å². The fourth-order valence-electron chi connectivity index (χ4n) is 4.15. The van der Waals surface area contributed by atoms with Gasteiger partial charge in [-0.15, -0.1) is 0 Å². The van der Waals surface area contributed by atoms with Crippen LogP contribution in [0.4, 0.5) is 0 Å². The first kappa shape index (κ1) is 18.4. The van der Waals surface area contributed by atoms with Crippen LogP contribution in [0.25, 0.3) is 0 Å². The lowest BCUT2D eigenvalue weighted by molar-refractivity contribution is -0.122. The first-order valence-electron chi connectivity index (χ1n) is 9.42. The molecular weight excluding hydrogens is 314 g/mol. The van der Waals surface area contributed by atoms with Crippen LogP contribution >= 0.6 is 0 Å². The van der Waals surface area contributed by atoms with Gasteiger partial charge in [-0.3, -0.25) is 14.6 Å². The minimum absolute atomic E-state index is 0.132. The van der Waals surface area contributed by atoms with E-state index in [1.54, 1.807) is 7.11 Å². The van der Waals surface area contributed by atoms with E-state index in [0.29, 0.717) is 25.0 Å². The van der Waals surface area contributed by atoms with E-state index in [2.05, 4.69) is 34.2 Å². The number of benzene rings is 1. The van der Waals surface area contributed by atoms with Crippen LogP contribution in [0.5, 0.6) is 0 Å². The summed E-state index contributed by atoms with van der Waals surface area (Å²) in [5.74, 6) is 0.813. The predicted octanol–water partition coefficient (Wildman–Crippen LogP) is 1.65. The normalized spacial score (nSPS) is 24.2. The van der Waals surface area contributed by atoms with Crippen LogP contribution in [-0.4, -0.2) is 68.2 Å². The SMILES string of the molecule is COCCN1C[C@H]2CC[C@@H]1CN(CC(=O)NCc1ccccc1C)C2. The lowest BCUT2D eigenvalue weighted by Crippen LogP contribution is -2.46. The highest BCUT2D eigenvalue weighted by molar-refractivity contribution is 5.78. The van der Waals surface area contributed by atoms with E-state index < -0.39 is 0 Å². The number of fused-ring (bicyclic) bond motifs is 4. The Kier molecular flexibility index (Phi) is 6.45. The molecule has 2 bridgehead atoms. The van der Waals surface area contributed by atoms with E-state index in [-0.39, 0.29) is 5.91 Å². The Morgan fingerprint density at radius 3 is 2.88 bits per heavy atom. The maximum atomic E-state index is 12.4. The van der Waals surface area contributed by atoms with Crippen molar-refractivity contribution in [1.29, 1.82) is 0 Å². The molecule has 4 rings (SSSR count). The largest absolute Gasteiger partial charge is 0.383 e. The minimum Gasteiger partial charge on any atom is -0.383 e. The van der Waals surface area contributed by atoms with Crippen LogP contribution in [0.15, 0.2) is 24.3 Å². The van der Waals surface area contributed by atoms with E-state index in [1.807, 2.05) is 12.1 Å². The van der Waals surface area contributed by atoms with Crippen molar-refractivity contribution in [3.05, 3.63) is 35.4 Å². The highest BCUT2D eigenvalue weighted by atomic mass is 16.5. The van der Waals surface area contributed by atoms with Crippen molar-refractivity contribution in [2.75, 3.05) is 46.4 Å². The molecule has 5 heteroatoms. The molecule has 0 saturated carbocycles. The van der Waals surface area contributed by atoms with Crippen LogP contribution in [0.1, 0.15) is 24.0 Å². The van der Waals surface area contributed by atoms with Crippen LogP contribution in [-0.2, 0) is 16.1 Å². The van der Waals surface area contributed by atoms with Crippen molar-refractivity contribution in [3.63, 3.8) is 0 Å². The quantitative estimate of drug-likeness (QED) is 0.816. The summed E-state index contributed by atoms with van der Waals surface area (Å²) >= 11 is 0. The molecule has 0 aromatic heterocycles. The summed E-state index contributed by atoms with van der Waals surface area (Å²) in [5.41, 5.74) is 2.42. The molecule has 25 heavy (non-hydrogen) atoms. The summed E-state index contributed by atoms with van der Waals surface area (Å²) in [6, 6.07) is 8.79. The zero-order valence-electron chi connectivity index (χ0n) is 15.5. The molecule has 0 spiro atoms. The van der Waals surface area contributed by atoms with E-state index in [1.165, 1.54) is 24.0 Å². The monoisotopic (exact) mass is 345 g/mol. The number of hydrogen-bond donors (Lipinski definition) is 1. The number of nitrogens with zero attached hydrogens (tertiary/aromatic N) is 2. The lowest BCUT2D eigenvalue weighted by Gasteiger charge is -2.35. The van der Waals surface area contributed by atoms with Gasteiger partial charge < -0.3 is 10.1 Å². The highest BCUT2D eigenvalue weighted by Gasteiger charge is 2.34. The Bertz CT molecular complexity index is 578. The number of carbonyl (C=O) groups is 1. The summed E-state index contributed by atoms with van der Waals surface area (Å²) in [6.45, 7) is 8.20. The van der Waals surface area contributed by atoms with Gasteiger partial charge in [0.05, 0.1) is 13.2 Å². The van der Waals surface area contributed by atoms with Gasteiger partial charge in [-0.2, -0.15) is 0 Å². The number of amides is 1. The Balaban J connectivity index is 1.49. The average molecular weight is 345 g/mol. The van der Waals surface area contributed by atoms with Gasteiger partial charge in [0.2, 0.25) is 5.91 Å². The van der Waals surface area contributed by atoms with Gasteiger partial charge in [-0.25, -0.2) is 0 Å². The molecule has 3 heterocycles. The standard InChI is InChI=1S/C20H31N3O2/c1-16-5-3-4-6-18(16)11-21-20(24)15-22-12-17-7-8-19(14-22)23(13-17)9-10-25-2/h3-6,17,19H,7-15H2,1-2H3,(H,21,24)/t17-,19+/m0/s1. The molecular formula is C20H31N3O2. The van der Waals surface area contributed by atoms with Crippen LogP contribution in [0.3, 0.4) is 0 Å². The van der Waals surface area contributed by atoms with E-state index in [9.17, 15) is 4.79 Å². The van der Waals surface area contributed by atoms with Crippen molar-refractivity contribution in [2.45, 2.75) is 32.4 Å². The first-order chi connectivity index (χ1) is 12.2. The van der Waals surface area contributed by atoms with Crippen molar-refractivity contribution in [3.8, 4) is 0 Å². The molecule has 0 unspecified atom stereocenters. The molecule has 138 valence electrons. The number of methoxy groups -OCH3 is 1. The van der Waals surface area contributed by atoms with Crippen LogP contribution in [0.2, 0.25) is 0 Å². The number of rotatable bonds is 7. The second kappa shape index (κ2) is 8.79. The number of carbonyl (C=O) groups excluding carboxylic acids is 1. The molecule has 3 fully saturated rings. The molecule has 3 aliphatic heterocycles. The summed E-state index contributed by atoms with van der Waals surface area (Å²) in [7, 11) is 1.77. The first-order valence-corrected chi connectivity index (χ1v) is 9.42. The second-order valence-corrected chi connectivity index (χ2v) is 7.48. The number of piperidine rings is 1. The zero-order valence-corrected chi connectivity index (χ0v) is 15.5. The van der Waals surface area contributed by atoms with Crippen molar-refractivity contribution in [1.82, 2.24) is 15.1 Å². The molecule has 0 aliphatic carbocycles. The van der Waals surface area contributed by atoms with Crippen molar-refractivity contribution >= 4 is 5.91 Å². The Morgan fingerprint density at radius 1 is 1.24 bits per heavy atom. The Labute approximate surface area is 151 Å². The summed E-state index contributed by atoms with van der Waals surface area (Å²) in [6.07, 6.45) is 2.53. The van der Waals surface area contributed by atoms with Gasteiger partial charge in [-0.05, 0) is 36.8 Å². The van der Waals surface area contributed by atoms with Gasteiger partial charge in [-0.1, -0.05) is 24.3 Å². The van der Waals surface area contributed by atoms with E-state index >= 15 is 0 Å². The average Bonchev–Trinajstić information content (AvgIpc) is 2.89. The van der Waals surface area contributed by atoms with E-state index in [0.717, 1.165) is 32.8 Å². The number of nitrogens with one attached hydrogen (secondary N) is 1. The summed E-state index contributed by atoms with van der Waals surface area (Å²) in [4.78, 5) is 17.3. The fraction of sp³-hybridized carbons (Fsp3) is 0.650. The maximum Gasteiger partial charge on any atom is 0.234 e. The Morgan fingerprint density at radius 2 is 2.08 bits per heavy atom. The molecule has 1 N–H and O–H groups in total. The molecule has 1 aromatic rings. The maximum absolute atomic E-state index is 12.4. The third-order valence-corrected chi connectivity index (χ3v) is 5.59. The fourth-order valence-corrected chi connectivity index (χ4v) is 4.15. The molecule has 5 nitrogen and oxygen atoms in total. The topological polar surface area (TPSA) is 44.8 Å². The van der Waals surface area contributed by atoms with Gasteiger partial charge in [0.25, 0.3) is 0 Å². The molecule has 1 aromatic carbocycles. The third kappa shape index (κ3) is 5.03. The van der Waals surface area contributed by atoms with Gasteiger partial charge >= 0.3 is 0 Å². The van der Waals surface area contributed by atoms with Gasteiger partial charge in [0, 0.05) is 45.9 Å². The summed E-state index contributed by atoms with van der Waals surface area (Å²) in [5, 5.41) is 3.09. The smallest absolute Gasteiger partial charge is 0.234 e. The molecule has 0 radical (unpaired) electrons. The van der Waals surface area contributed by atoms with E-state index in [4.69, 9.17) is 4.74 Å². The van der Waals surface area contributed by atoms with Crippen LogP contribution in [0, 0.1) is 12.8 Å². The lowest BCUT2D eigenvalue weighted by atomic mass is 9.95. The van der Waals surface area contributed by atoms with Crippen molar-refractivity contribution in [2.24, 2.45) is 5.92 Å². The van der Waals surface area contributed by atoms with Crippen LogP contribution < -0.4 is 5.32 Å².